The fourth-order valence-corrected chi connectivity index (χ4v) is 4.61. The maximum Gasteiger partial charge on any atom is 0.265 e. The minimum Gasteiger partial charge on any atom is -0.493 e. The molecule has 1 N–H and O–H groups in total. The Hall–Kier alpha value is -2.74. The molecule has 0 aromatic heterocycles. The molecular formula is C27H36BrN3O4. The molecule has 0 bridgehead atoms. The third-order valence-electron chi connectivity index (χ3n) is 6.13. The van der Waals surface area contributed by atoms with Gasteiger partial charge in [-0.15, -0.1) is 0 Å². The van der Waals surface area contributed by atoms with Crippen molar-refractivity contribution in [2.24, 2.45) is 5.92 Å². The summed E-state index contributed by atoms with van der Waals surface area (Å²) in [5.74, 6) is 0.359. The molecule has 2 amide bonds. The molecule has 1 aliphatic heterocycles. The van der Waals surface area contributed by atoms with Crippen molar-refractivity contribution in [1.29, 1.82) is 0 Å². The van der Waals surface area contributed by atoms with Gasteiger partial charge in [-0.25, -0.2) is 0 Å². The minimum atomic E-state index is -0.863. The first kappa shape index (κ1) is 26.9. The van der Waals surface area contributed by atoms with E-state index >= 15 is 0 Å². The highest BCUT2D eigenvalue weighted by molar-refractivity contribution is 9.10. The average molecular weight is 547 g/mol. The van der Waals surface area contributed by atoms with Crippen LogP contribution < -0.4 is 19.7 Å². The number of carbonyl (C=O) groups is 2. The monoisotopic (exact) mass is 545 g/mol. The summed E-state index contributed by atoms with van der Waals surface area (Å²) < 4.78 is 12.7. The number of rotatable bonds is 9. The number of fused-ring (bicyclic) bond motifs is 1. The first-order valence-electron chi connectivity index (χ1n) is 12.1. The number of carbonyl (C=O) groups excluding carboxylic acids is 2. The maximum absolute atomic E-state index is 13.9. The largest absolute Gasteiger partial charge is 0.493 e. The summed E-state index contributed by atoms with van der Waals surface area (Å²) in [6, 6.07) is 10.8. The number of anilines is 1. The average Bonchev–Trinajstić information content (AvgIpc) is 2.93. The van der Waals surface area contributed by atoms with Crippen LogP contribution >= 0.6 is 15.9 Å². The van der Waals surface area contributed by atoms with Gasteiger partial charge in [-0.3, -0.25) is 9.59 Å². The van der Waals surface area contributed by atoms with E-state index in [0.717, 1.165) is 28.6 Å². The Kier molecular flexibility index (Phi) is 9.05. The smallest absolute Gasteiger partial charge is 0.265 e. The summed E-state index contributed by atoms with van der Waals surface area (Å²) in [6.45, 7) is 6.78. The van der Waals surface area contributed by atoms with Gasteiger partial charge in [-0.05, 0) is 42.2 Å². The molecule has 0 spiro atoms. The topological polar surface area (TPSA) is 71.1 Å². The summed E-state index contributed by atoms with van der Waals surface area (Å²) in [6.07, 6.45) is 1.07. The van der Waals surface area contributed by atoms with E-state index in [2.05, 4.69) is 28.2 Å². The van der Waals surface area contributed by atoms with Crippen molar-refractivity contribution in [2.45, 2.75) is 52.3 Å². The summed E-state index contributed by atoms with van der Waals surface area (Å²) in [5.41, 5.74) is 2.60. The second-order valence-electron chi connectivity index (χ2n) is 9.38. The first-order valence-corrected chi connectivity index (χ1v) is 12.9. The van der Waals surface area contributed by atoms with Crippen molar-refractivity contribution in [3.63, 3.8) is 0 Å². The van der Waals surface area contributed by atoms with Gasteiger partial charge in [0.25, 0.3) is 5.91 Å². The Balaban J connectivity index is 2.14. The number of hydrogen-bond donors (Lipinski definition) is 1. The molecule has 35 heavy (non-hydrogen) atoms. The van der Waals surface area contributed by atoms with Crippen LogP contribution in [0, 0.1) is 5.92 Å². The van der Waals surface area contributed by atoms with Gasteiger partial charge in [0.1, 0.15) is 6.04 Å². The van der Waals surface area contributed by atoms with Gasteiger partial charge in [0.05, 0.1) is 7.11 Å². The van der Waals surface area contributed by atoms with E-state index in [-0.39, 0.29) is 24.3 Å². The lowest BCUT2D eigenvalue weighted by Crippen LogP contribution is -2.48. The fraction of sp³-hybridized carbons (Fsp3) is 0.481. The van der Waals surface area contributed by atoms with Crippen molar-refractivity contribution >= 4 is 33.4 Å². The van der Waals surface area contributed by atoms with Gasteiger partial charge < -0.3 is 24.6 Å². The Morgan fingerprint density at radius 1 is 1.23 bits per heavy atom. The normalized spacial score (nSPS) is 17.5. The molecule has 1 aliphatic rings. The van der Waals surface area contributed by atoms with Gasteiger partial charge in [0.15, 0.2) is 17.6 Å². The third-order valence-corrected chi connectivity index (χ3v) is 6.59. The van der Waals surface area contributed by atoms with Crippen LogP contribution in [0.5, 0.6) is 11.5 Å². The molecule has 8 heteroatoms. The van der Waals surface area contributed by atoms with E-state index in [1.807, 2.05) is 63.2 Å². The van der Waals surface area contributed by atoms with E-state index in [1.54, 1.807) is 18.1 Å². The molecule has 7 nitrogen and oxygen atoms in total. The lowest BCUT2D eigenvalue weighted by molar-refractivity contribution is -0.147. The highest BCUT2D eigenvalue weighted by Crippen LogP contribution is 2.44. The lowest BCUT2D eigenvalue weighted by Gasteiger charge is -2.31. The Morgan fingerprint density at radius 3 is 2.49 bits per heavy atom. The predicted octanol–water partition coefficient (Wildman–Crippen LogP) is 4.93. The molecule has 0 radical (unpaired) electrons. The van der Waals surface area contributed by atoms with Crippen LogP contribution in [-0.2, 0) is 16.1 Å². The van der Waals surface area contributed by atoms with Crippen LogP contribution in [0.1, 0.15) is 50.8 Å². The first-order chi connectivity index (χ1) is 16.7. The van der Waals surface area contributed by atoms with Gasteiger partial charge in [0, 0.05) is 42.9 Å². The van der Waals surface area contributed by atoms with Crippen LogP contribution in [-0.4, -0.2) is 50.6 Å². The van der Waals surface area contributed by atoms with Crippen LogP contribution in [0.3, 0.4) is 0 Å². The van der Waals surface area contributed by atoms with Crippen LogP contribution in [0.2, 0.25) is 0 Å². The second kappa shape index (κ2) is 11.8. The van der Waals surface area contributed by atoms with Gasteiger partial charge in [-0.2, -0.15) is 0 Å². The molecule has 2 atom stereocenters. The number of unbranched alkanes of at least 4 members (excludes halogenated alkanes) is 1. The van der Waals surface area contributed by atoms with E-state index in [1.165, 1.54) is 0 Å². The Labute approximate surface area is 216 Å². The van der Waals surface area contributed by atoms with Gasteiger partial charge in [0.2, 0.25) is 5.91 Å². The van der Waals surface area contributed by atoms with Crippen molar-refractivity contribution in [1.82, 2.24) is 10.2 Å². The lowest BCUT2D eigenvalue weighted by atomic mass is 10.0. The Bertz CT molecular complexity index is 1040. The SMILES string of the molecule is CCCCNC(=O)C1c2cc(Br)cc(OC)c2OC(C(C)C)C(=O)N1Cc1ccc(N(C)C)cc1. The van der Waals surface area contributed by atoms with E-state index in [4.69, 9.17) is 9.47 Å². The number of nitrogens with one attached hydrogen (secondary N) is 1. The summed E-state index contributed by atoms with van der Waals surface area (Å²) in [4.78, 5) is 31.2. The number of methoxy groups -OCH3 is 1. The molecular weight excluding hydrogens is 510 g/mol. The minimum absolute atomic E-state index is 0.107. The zero-order valence-electron chi connectivity index (χ0n) is 21.4. The standard InChI is InChI=1S/C27H36BrN3O4/c1-7-8-13-29-26(32)23-21-14-19(28)15-22(34-6)25(21)35-24(17(2)3)27(33)31(23)16-18-9-11-20(12-10-18)30(4)5/h9-12,14-15,17,23-24H,7-8,13,16H2,1-6H3,(H,29,32). The Morgan fingerprint density at radius 2 is 1.91 bits per heavy atom. The van der Waals surface area contributed by atoms with Crippen LogP contribution in [0.4, 0.5) is 5.69 Å². The second-order valence-corrected chi connectivity index (χ2v) is 10.3. The van der Waals surface area contributed by atoms with Gasteiger partial charge in [-0.1, -0.05) is 55.3 Å². The summed E-state index contributed by atoms with van der Waals surface area (Å²) >= 11 is 3.54. The number of ether oxygens (including phenoxy) is 2. The van der Waals surface area contributed by atoms with Crippen molar-refractivity contribution < 1.29 is 19.1 Å². The molecule has 1 heterocycles. The van der Waals surface area contributed by atoms with E-state index in [0.29, 0.717) is 23.6 Å². The van der Waals surface area contributed by atoms with Crippen molar-refractivity contribution in [2.75, 3.05) is 32.6 Å². The molecule has 0 saturated carbocycles. The zero-order chi connectivity index (χ0) is 25.7. The van der Waals surface area contributed by atoms with Crippen molar-refractivity contribution in [3.8, 4) is 11.5 Å². The molecule has 3 rings (SSSR count). The molecule has 2 unspecified atom stereocenters. The number of hydrogen-bond acceptors (Lipinski definition) is 5. The molecule has 0 aliphatic carbocycles. The highest BCUT2D eigenvalue weighted by atomic mass is 79.9. The molecule has 2 aromatic rings. The van der Waals surface area contributed by atoms with E-state index in [9.17, 15) is 9.59 Å². The van der Waals surface area contributed by atoms with Crippen LogP contribution in [0.15, 0.2) is 40.9 Å². The van der Waals surface area contributed by atoms with Crippen molar-refractivity contribution in [3.05, 3.63) is 52.0 Å². The molecule has 0 fully saturated rings. The fourth-order valence-electron chi connectivity index (χ4n) is 4.16. The quantitative estimate of drug-likeness (QED) is 0.452. The summed E-state index contributed by atoms with van der Waals surface area (Å²) in [5, 5.41) is 3.03. The third kappa shape index (κ3) is 6.10. The predicted molar refractivity (Wildman–Crippen MR) is 142 cm³/mol. The van der Waals surface area contributed by atoms with E-state index < -0.39 is 12.1 Å². The van der Waals surface area contributed by atoms with Crippen LogP contribution in [0.25, 0.3) is 0 Å². The highest BCUT2D eigenvalue weighted by Gasteiger charge is 2.43. The maximum atomic E-state index is 13.9. The number of nitrogens with zero attached hydrogens (tertiary/aromatic N) is 2. The van der Waals surface area contributed by atoms with Gasteiger partial charge >= 0.3 is 0 Å². The number of halogens is 1. The molecule has 2 aromatic carbocycles. The summed E-state index contributed by atoms with van der Waals surface area (Å²) in [7, 11) is 5.52. The number of benzene rings is 2. The zero-order valence-corrected chi connectivity index (χ0v) is 23.0. The number of amides is 2. The molecule has 190 valence electrons. The molecule has 0 saturated heterocycles.